The summed E-state index contributed by atoms with van der Waals surface area (Å²) in [6.07, 6.45) is 2.27. The summed E-state index contributed by atoms with van der Waals surface area (Å²) in [6, 6.07) is 7.29. The Balaban J connectivity index is 2.14. The first kappa shape index (κ1) is 14.9. The molecule has 1 aromatic carbocycles. The van der Waals surface area contributed by atoms with Crippen LogP contribution in [0.4, 0.5) is 0 Å². The Morgan fingerprint density at radius 1 is 1.35 bits per heavy atom. The van der Waals surface area contributed by atoms with Gasteiger partial charge in [0.25, 0.3) is 5.56 Å². The molecule has 4 nitrogen and oxygen atoms in total. The van der Waals surface area contributed by atoms with E-state index in [-0.39, 0.29) is 22.9 Å². The van der Waals surface area contributed by atoms with Crippen LogP contribution >= 0.6 is 23.2 Å². The van der Waals surface area contributed by atoms with Crippen LogP contribution in [-0.4, -0.2) is 9.78 Å². The molecule has 0 atom stereocenters. The fourth-order valence-electron chi connectivity index (χ4n) is 1.71. The van der Waals surface area contributed by atoms with Gasteiger partial charge in [-0.1, -0.05) is 42.3 Å². The standard InChI is InChI=1S/C14H14Cl2N2O2/c1-2-6-18-14(19)13(16)12(8-17-18)20-9-10-4-3-5-11(15)7-10/h3-5,7-8H,2,6,9H2,1H3. The third-order valence-corrected chi connectivity index (χ3v) is 3.25. The molecular weight excluding hydrogens is 299 g/mol. The van der Waals surface area contributed by atoms with Crippen LogP contribution < -0.4 is 10.3 Å². The molecule has 0 amide bonds. The maximum atomic E-state index is 11.9. The van der Waals surface area contributed by atoms with E-state index in [9.17, 15) is 4.79 Å². The first-order valence-electron chi connectivity index (χ1n) is 6.24. The molecule has 106 valence electrons. The third-order valence-electron chi connectivity index (χ3n) is 2.67. The molecule has 0 aliphatic carbocycles. The summed E-state index contributed by atoms with van der Waals surface area (Å²) in [5, 5.41) is 4.71. The second-order valence-corrected chi connectivity index (χ2v) is 5.08. The highest BCUT2D eigenvalue weighted by Crippen LogP contribution is 2.20. The van der Waals surface area contributed by atoms with Crippen LogP contribution in [0.3, 0.4) is 0 Å². The van der Waals surface area contributed by atoms with Crippen LogP contribution in [0.1, 0.15) is 18.9 Å². The van der Waals surface area contributed by atoms with Crippen molar-refractivity contribution in [3.8, 4) is 5.75 Å². The Labute approximate surface area is 126 Å². The predicted molar refractivity (Wildman–Crippen MR) is 79.6 cm³/mol. The highest BCUT2D eigenvalue weighted by molar-refractivity contribution is 6.31. The lowest BCUT2D eigenvalue weighted by Gasteiger charge is -2.09. The van der Waals surface area contributed by atoms with Crippen LogP contribution in [0, 0.1) is 0 Å². The minimum atomic E-state index is -0.336. The number of nitrogens with zero attached hydrogens (tertiary/aromatic N) is 2. The Morgan fingerprint density at radius 3 is 2.85 bits per heavy atom. The fourth-order valence-corrected chi connectivity index (χ4v) is 2.12. The summed E-state index contributed by atoms with van der Waals surface area (Å²) in [7, 11) is 0. The molecular formula is C14H14Cl2N2O2. The topological polar surface area (TPSA) is 44.1 Å². The highest BCUT2D eigenvalue weighted by atomic mass is 35.5. The van der Waals surface area contributed by atoms with Gasteiger partial charge in [0.1, 0.15) is 6.61 Å². The maximum absolute atomic E-state index is 11.9. The molecule has 20 heavy (non-hydrogen) atoms. The Kier molecular flexibility index (Phi) is 5.04. The summed E-state index contributed by atoms with van der Waals surface area (Å²) in [5.41, 5.74) is 0.559. The molecule has 0 bridgehead atoms. The average Bonchev–Trinajstić information content (AvgIpc) is 2.43. The molecule has 0 aliphatic heterocycles. The zero-order chi connectivity index (χ0) is 14.5. The van der Waals surface area contributed by atoms with Crippen molar-refractivity contribution in [2.45, 2.75) is 26.5 Å². The smallest absolute Gasteiger partial charge is 0.289 e. The number of hydrogen-bond acceptors (Lipinski definition) is 3. The molecule has 1 heterocycles. The van der Waals surface area contributed by atoms with E-state index >= 15 is 0 Å². The summed E-state index contributed by atoms with van der Waals surface area (Å²) >= 11 is 11.9. The van der Waals surface area contributed by atoms with E-state index in [1.807, 2.05) is 19.1 Å². The van der Waals surface area contributed by atoms with Crippen LogP contribution in [0.25, 0.3) is 0 Å². The van der Waals surface area contributed by atoms with Gasteiger partial charge in [-0.3, -0.25) is 4.79 Å². The number of aryl methyl sites for hydroxylation is 1. The Bertz CT molecular complexity index is 656. The number of rotatable bonds is 5. The molecule has 0 saturated heterocycles. The van der Waals surface area contributed by atoms with E-state index in [1.165, 1.54) is 10.9 Å². The van der Waals surface area contributed by atoms with Crippen molar-refractivity contribution >= 4 is 23.2 Å². The van der Waals surface area contributed by atoms with Crippen LogP contribution in [0.15, 0.2) is 35.3 Å². The summed E-state index contributed by atoms with van der Waals surface area (Å²) in [5.74, 6) is 0.281. The Hall–Kier alpha value is -1.52. The zero-order valence-electron chi connectivity index (χ0n) is 11.0. The monoisotopic (exact) mass is 312 g/mol. The lowest BCUT2D eigenvalue weighted by Crippen LogP contribution is -2.23. The van der Waals surface area contributed by atoms with Crippen molar-refractivity contribution in [3.63, 3.8) is 0 Å². The fraction of sp³-hybridized carbons (Fsp3) is 0.286. The molecule has 0 radical (unpaired) electrons. The molecule has 0 fully saturated rings. The first-order valence-corrected chi connectivity index (χ1v) is 7.00. The van der Waals surface area contributed by atoms with E-state index in [0.717, 1.165) is 12.0 Å². The quantitative estimate of drug-likeness (QED) is 0.848. The summed E-state index contributed by atoms with van der Waals surface area (Å²) in [4.78, 5) is 11.9. The van der Waals surface area contributed by atoms with E-state index < -0.39 is 0 Å². The molecule has 0 N–H and O–H groups in total. The van der Waals surface area contributed by atoms with Crippen molar-refractivity contribution in [2.75, 3.05) is 0 Å². The van der Waals surface area contributed by atoms with Gasteiger partial charge in [-0.25, -0.2) is 4.68 Å². The van der Waals surface area contributed by atoms with Crippen molar-refractivity contribution < 1.29 is 4.74 Å². The van der Waals surface area contributed by atoms with Crippen molar-refractivity contribution in [1.29, 1.82) is 0 Å². The van der Waals surface area contributed by atoms with Crippen molar-refractivity contribution in [2.24, 2.45) is 0 Å². The van der Waals surface area contributed by atoms with Gasteiger partial charge >= 0.3 is 0 Å². The molecule has 6 heteroatoms. The Morgan fingerprint density at radius 2 is 2.15 bits per heavy atom. The van der Waals surface area contributed by atoms with Gasteiger partial charge in [0.15, 0.2) is 10.8 Å². The first-order chi connectivity index (χ1) is 9.61. The molecule has 0 unspecified atom stereocenters. The van der Waals surface area contributed by atoms with Crippen molar-refractivity contribution in [1.82, 2.24) is 9.78 Å². The number of aromatic nitrogens is 2. The van der Waals surface area contributed by atoms with Gasteiger partial charge in [0, 0.05) is 11.6 Å². The van der Waals surface area contributed by atoms with Crippen molar-refractivity contribution in [3.05, 3.63) is 56.4 Å². The average molecular weight is 313 g/mol. The minimum absolute atomic E-state index is 0.0514. The van der Waals surface area contributed by atoms with E-state index in [0.29, 0.717) is 11.6 Å². The van der Waals surface area contributed by atoms with Crippen LogP contribution in [0.5, 0.6) is 5.75 Å². The lowest BCUT2D eigenvalue weighted by atomic mass is 10.2. The largest absolute Gasteiger partial charge is 0.485 e. The number of hydrogen-bond donors (Lipinski definition) is 0. The van der Waals surface area contributed by atoms with Gasteiger partial charge in [-0.05, 0) is 24.1 Å². The normalized spacial score (nSPS) is 10.6. The molecule has 0 saturated carbocycles. The highest BCUT2D eigenvalue weighted by Gasteiger charge is 2.10. The summed E-state index contributed by atoms with van der Waals surface area (Å²) < 4.78 is 6.85. The van der Waals surface area contributed by atoms with Gasteiger partial charge in [-0.2, -0.15) is 5.10 Å². The van der Waals surface area contributed by atoms with E-state index in [1.54, 1.807) is 12.1 Å². The van der Waals surface area contributed by atoms with Gasteiger partial charge in [-0.15, -0.1) is 0 Å². The van der Waals surface area contributed by atoms with Crippen LogP contribution in [0.2, 0.25) is 10.0 Å². The van der Waals surface area contributed by atoms with Gasteiger partial charge in [0.05, 0.1) is 6.20 Å². The molecule has 2 rings (SSSR count). The predicted octanol–water partition coefficient (Wildman–Crippen LogP) is 3.54. The van der Waals surface area contributed by atoms with Gasteiger partial charge < -0.3 is 4.74 Å². The maximum Gasteiger partial charge on any atom is 0.289 e. The molecule has 0 aliphatic rings. The molecule has 1 aromatic heterocycles. The van der Waals surface area contributed by atoms with Crippen LogP contribution in [-0.2, 0) is 13.2 Å². The lowest BCUT2D eigenvalue weighted by molar-refractivity contribution is 0.302. The molecule has 2 aromatic rings. The second kappa shape index (κ2) is 6.77. The SMILES string of the molecule is CCCn1ncc(OCc2cccc(Cl)c2)c(Cl)c1=O. The zero-order valence-corrected chi connectivity index (χ0v) is 12.5. The molecule has 0 spiro atoms. The number of ether oxygens (including phenoxy) is 1. The summed E-state index contributed by atoms with van der Waals surface area (Å²) in [6.45, 7) is 2.78. The number of halogens is 2. The van der Waals surface area contributed by atoms with E-state index in [2.05, 4.69) is 5.10 Å². The minimum Gasteiger partial charge on any atom is -0.485 e. The van der Waals surface area contributed by atoms with Gasteiger partial charge in [0.2, 0.25) is 0 Å². The third kappa shape index (κ3) is 3.52. The van der Waals surface area contributed by atoms with E-state index in [4.69, 9.17) is 27.9 Å². The second-order valence-electron chi connectivity index (χ2n) is 4.27. The number of benzene rings is 1.